The number of ether oxygens (including phenoxy) is 2. The predicted molar refractivity (Wildman–Crippen MR) is 82.0 cm³/mol. The van der Waals surface area contributed by atoms with Gasteiger partial charge in [0, 0.05) is 0 Å². The Morgan fingerprint density at radius 2 is 2.05 bits per heavy atom. The predicted octanol–water partition coefficient (Wildman–Crippen LogP) is 2.66. The van der Waals surface area contributed by atoms with E-state index in [0.717, 1.165) is 5.56 Å². The van der Waals surface area contributed by atoms with Crippen molar-refractivity contribution in [2.75, 3.05) is 7.11 Å². The van der Waals surface area contributed by atoms with Crippen molar-refractivity contribution in [1.82, 2.24) is 5.43 Å². The number of rotatable bonds is 5. The average Bonchev–Trinajstić information content (AvgIpc) is 2.55. The molecule has 0 atom stereocenters. The summed E-state index contributed by atoms with van der Waals surface area (Å²) in [5, 5.41) is 13.2. The van der Waals surface area contributed by atoms with Crippen LogP contribution in [0.5, 0.6) is 11.5 Å². The Morgan fingerprint density at radius 1 is 1.27 bits per heavy atom. The minimum Gasteiger partial charge on any atom is -0.504 e. The molecule has 0 heterocycles. The first-order valence-corrected chi connectivity index (χ1v) is 6.56. The molecule has 114 valence electrons. The van der Waals surface area contributed by atoms with Gasteiger partial charge in [-0.05, 0) is 29.3 Å². The highest BCUT2D eigenvalue weighted by Crippen LogP contribution is 2.25. The number of nitrogens with zero attached hydrogens (tertiary/aromatic N) is 1. The van der Waals surface area contributed by atoms with Gasteiger partial charge in [-0.1, -0.05) is 30.3 Å². The van der Waals surface area contributed by atoms with Crippen molar-refractivity contribution in [3.8, 4) is 11.5 Å². The summed E-state index contributed by atoms with van der Waals surface area (Å²) >= 11 is 0. The zero-order chi connectivity index (χ0) is 15.8. The van der Waals surface area contributed by atoms with Crippen LogP contribution < -0.4 is 10.2 Å². The Labute approximate surface area is 128 Å². The van der Waals surface area contributed by atoms with Crippen molar-refractivity contribution < 1.29 is 19.4 Å². The monoisotopic (exact) mass is 300 g/mol. The molecule has 0 aromatic heterocycles. The number of amides is 1. The number of phenols is 1. The average molecular weight is 300 g/mol. The zero-order valence-electron chi connectivity index (χ0n) is 12.0. The molecule has 0 radical (unpaired) electrons. The van der Waals surface area contributed by atoms with Crippen LogP contribution in [0.15, 0.2) is 53.6 Å². The van der Waals surface area contributed by atoms with Gasteiger partial charge in [-0.25, -0.2) is 10.2 Å². The minimum absolute atomic E-state index is 0.0369. The molecule has 0 fully saturated rings. The van der Waals surface area contributed by atoms with Crippen LogP contribution in [0, 0.1) is 0 Å². The standard InChI is InChI=1S/C16H16N2O4/c1-21-15-9-13(7-8-14(15)19)10-17-18-16(20)22-11-12-5-3-2-4-6-12/h2-10,19H,11H2,1H3,(H,18,20)/b17-10+. The molecule has 0 aliphatic heterocycles. The Bertz CT molecular complexity index is 656. The molecule has 2 aromatic rings. The van der Waals surface area contributed by atoms with Crippen LogP contribution in [-0.2, 0) is 11.3 Å². The maximum atomic E-state index is 11.5. The molecule has 6 nitrogen and oxygen atoms in total. The van der Waals surface area contributed by atoms with Crippen LogP contribution in [-0.4, -0.2) is 24.5 Å². The summed E-state index contributed by atoms with van der Waals surface area (Å²) in [5.74, 6) is 0.366. The number of aromatic hydroxyl groups is 1. The number of hydrogen-bond donors (Lipinski definition) is 2. The van der Waals surface area contributed by atoms with Gasteiger partial charge in [0.1, 0.15) is 6.61 Å². The quantitative estimate of drug-likeness (QED) is 0.657. The van der Waals surface area contributed by atoms with Crippen molar-refractivity contribution in [2.24, 2.45) is 5.10 Å². The van der Waals surface area contributed by atoms with E-state index in [0.29, 0.717) is 11.3 Å². The van der Waals surface area contributed by atoms with E-state index in [1.54, 1.807) is 12.1 Å². The van der Waals surface area contributed by atoms with Crippen LogP contribution in [0.2, 0.25) is 0 Å². The smallest absolute Gasteiger partial charge is 0.428 e. The highest BCUT2D eigenvalue weighted by atomic mass is 16.6. The van der Waals surface area contributed by atoms with Gasteiger partial charge in [-0.15, -0.1) is 0 Å². The second kappa shape index (κ2) is 7.68. The van der Waals surface area contributed by atoms with Crippen molar-refractivity contribution in [3.63, 3.8) is 0 Å². The molecule has 0 bridgehead atoms. The van der Waals surface area contributed by atoms with E-state index in [9.17, 15) is 9.90 Å². The largest absolute Gasteiger partial charge is 0.504 e. The number of carbonyl (C=O) groups is 1. The van der Waals surface area contributed by atoms with Crippen LogP contribution in [0.3, 0.4) is 0 Å². The van der Waals surface area contributed by atoms with E-state index in [1.165, 1.54) is 19.4 Å². The number of carbonyl (C=O) groups excluding carboxylic acids is 1. The van der Waals surface area contributed by atoms with E-state index in [4.69, 9.17) is 9.47 Å². The van der Waals surface area contributed by atoms with E-state index >= 15 is 0 Å². The van der Waals surface area contributed by atoms with E-state index in [-0.39, 0.29) is 12.4 Å². The van der Waals surface area contributed by atoms with E-state index in [1.807, 2.05) is 30.3 Å². The van der Waals surface area contributed by atoms with Crippen LogP contribution in [0.1, 0.15) is 11.1 Å². The van der Waals surface area contributed by atoms with Gasteiger partial charge >= 0.3 is 6.09 Å². The van der Waals surface area contributed by atoms with Gasteiger partial charge < -0.3 is 14.6 Å². The summed E-state index contributed by atoms with van der Waals surface area (Å²) in [7, 11) is 1.45. The molecular formula is C16H16N2O4. The van der Waals surface area contributed by atoms with Crippen LogP contribution in [0.25, 0.3) is 0 Å². The molecule has 2 N–H and O–H groups in total. The van der Waals surface area contributed by atoms with Crippen LogP contribution in [0.4, 0.5) is 4.79 Å². The molecule has 0 aliphatic rings. The van der Waals surface area contributed by atoms with Crippen molar-refractivity contribution in [1.29, 1.82) is 0 Å². The maximum absolute atomic E-state index is 11.5. The lowest BCUT2D eigenvalue weighted by Gasteiger charge is -2.04. The topological polar surface area (TPSA) is 80.2 Å². The maximum Gasteiger partial charge on any atom is 0.428 e. The molecule has 22 heavy (non-hydrogen) atoms. The first-order valence-electron chi connectivity index (χ1n) is 6.56. The Balaban J connectivity index is 1.83. The number of phenolic OH excluding ortho intramolecular Hbond substituents is 1. The first-order chi connectivity index (χ1) is 10.7. The van der Waals surface area contributed by atoms with Crippen molar-refractivity contribution in [3.05, 3.63) is 59.7 Å². The molecule has 6 heteroatoms. The molecule has 0 spiro atoms. The van der Waals surface area contributed by atoms with Gasteiger partial charge in [-0.3, -0.25) is 0 Å². The third-order valence-corrected chi connectivity index (χ3v) is 2.79. The molecule has 0 saturated heterocycles. The summed E-state index contributed by atoms with van der Waals surface area (Å²) in [5.41, 5.74) is 3.82. The number of benzene rings is 2. The SMILES string of the molecule is COc1cc(/C=N/NC(=O)OCc2ccccc2)ccc1O. The molecule has 1 amide bonds. The molecule has 0 aliphatic carbocycles. The Hall–Kier alpha value is -3.02. The lowest BCUT2D eigenvalue weighted by atomic mass is 10.2. The van der Waals surface area contributed by atoms with E-state index < -0.39 is 6.09 Å². The Morgan fingerprint density at radius 3 is 2.77 bits per heavy atom. The molecule has 2 aromatic carbocycles. The number of hydrogen-bond acceptors (Lipinski definition) is 5. The highest BCUT2D eigenvalue weighted by Gasteiger charge is 2.02. The fraction of sp³-hybridized carbons (Fsp3) is 0.125. The second-order valence-corrected chi connectivity index (χ2v) is 4.36. The summed E-state index contributed by atoms with van der Waals surface area (Å²) in [6, 6.07) is 14.1. The van der Waals surface area contributed by atoms with Gasteiger partial charge in [0.2, 0.25) is 0 Å². The highest BCUT2D eigenvalue weighted by molar-refractivity contribution is 5.82. The van der Waals surface area contributed by atoms with Crippen LogP contribution >= 0.6 is 0 Å². The normalized spacial score (nSPS) is 10.4. The fourth-order valence-corrected chi connectivity index (χ4v) is 1.69. The molecule has 0 unspecified atom stereocenters. The van der Waals surface area contributed by atoms with Gasteiger partial charge in [0.25, 0.3) is 0 Å². The molecule has 2 rings (SSSR count). The lowest BCUT2D eigenvalue weighted by Crippen LogP contribution is -2.18. The lowest BCUT2D eigenvalue weighted by molar-refractivity contribution is 0.140. The summed E-state index contributed by atoms with van der Waals surface area (Å²) in [6.45, 7) is 0.176. The second-order valence-electron chi connectivity index (χ2n) is 4.36. The van der Waals surface area contributed by atoms with Crippen molar-refractivity contribution >= 4 is 12.3 Å². The number of methoxy groups -OCH3 is 1. The third-order valence-electron chi connectivity index (χ3n) is 2.79. The molecular weight excluding hydrogens is 284 g/mol. The molecule has 0 saturated carbocycles. The fourth-order valence-electron chi connectivity index (χ4n) is 1.69. The Kier molecular flexibility index (Phi) is 5.37. The number of nitrogens with one attached hydrogen (secondary N) is 1. The number of hydrazone groups is 1. The third kappa shape index (κ3) is 4.52. The van der Waals surface area contributed by atoms with Gasteiger partial charge in [-0.2, -0.15) is 5.10 Å². The van der Waals surface area contributed by atoms with Crippen molar-refractivity contribution in [2.45, 2.75) is 6.61 Å². The summed E-state index contributed by atoms with van der Waals surface area (Å²) in [4.78, 5) is 11.5. The zero-order valence-corrected chi connectivity index (χ0v) is 12.0. The van der Waals surface area contributed by atoms with E-state index in [2.05, 4.69) is 10.5 Å². The van der Waals surface area contributed by atoms with Gasteiger partial charge in [0.05, 0.1) is 13.3 Å². The van der Waals surface area contributed by atoms with Gasteiger partial charge in [0.15, 0.2) is 11.5 Å². The minimum atomic E-state index is -0.647. The summed E-state index contributed by atoms with van der Waals surface area (Å²) < 4.78 is 9.98. The summed E-state index contributed by atoms with van der Waals surface area (Å²) in [6.07, 6.45) is 0.775. The first kappa shape index (κ1) is 15.4.